The lowest BCUT2D eigenvalue weighted by atomic mass is 10.1. The zero-order chi connectivity index (χ0) is 20.9. The molecular weight excluding hydrogens is 380 g/mol. The highest BCUT2D eigenvalue weighted by Crippen LogP contribution is 2.24. The van der Waals surface area contributed by atoms with Gasteiger partial charge in [-0.15, -0.1) is 0 Å². The number of nitrogens with zero attached hydrogens (tertiary/aromatic N) is 2. The molecule has 2 amide bonds. The van der Waals surface area contributed by atoms with Gasteiger partial charge in [0.1, 0.15) is 31.9 Å². The molecule has 3 heterocycles. The fourth-order valence-corrected chi connectivity index (χ4v) is 4.45. The van der Waals surface area contributed by atoms with Crippen LogP contribution >= 0.6 is 0 Å². The summed E-state index contributed by atoms with van der Waals surface area (Å²) in [6.07, 6.45) is 3.11. The molecule has 7 nitrogen and oxygen atoms in total. The van der Waals surface area contributed by atoms with Crippen LogP contribution in [-0.2, 0) is 16.0 Å². The molecular formula is C23H30N4O3+2. The van der Waals surface area contributed by atoms with E-state index in [1.807, 2.05) is 37.4 Å². The van der Waals surface area contributed by atoms with Crippen molar-refractivity contribution in [3.8, 4) is 5.75 Å². The number of anilines is 1. The predicted molar refractivity (Wildman–Crippen MR) is 113 cm³/mol. The normalized spacial score (nSPS) is 24.3. The summed E-state index contributed by atoms with van der Waals surface area (Å²) in [5.41, 5.74) is 1.76. The van der Waals surface area contributed by atoms with Crippen molar-refractivity contribution in [2.24, 2.45) is 0 Å². The van der Waals surface area contributed by atoms with Gasteiger partial charge in [-0.25, -0.2) is 4.90 Å². The first-order valence-corrected chi connectivity index (χ1v) is 10.8. The quantitative estimate of drug-likeness (QED) is 0.583. The van der Waals surface area contributed by atoms with E-state index in [0.29, 0.717) is 18.7 Å². The Morgan fingerprint density at radius 2 is 1.83 bits per heavy atom. The van der Waals surface area contributed by atoms with Gasteiger partial charge in [0.25, 0.3) is 5.91 Å². The first kappa shape index (κ1) is 20.5. The molecule has 2 N–H and O–H groups in total. The second-order valence-electron chi connectivity index (χ2n) is 7.98. The van der Waals surface area contributed by atoms with Crippen LogP contribution in [-0.4, -0.2) is 62.2 Å². The molecule has 1 atom stereocenters. The minimum Gasteiger partial charge on any atom is -0.494 e. The first-order valence-electron chi connectivity index (χ1n) is 10.8. The van der Waals surface area contributed by atoms with Gasteiger partial charge >= 0.3 is 0 Å². The van der Waals surface area contributed by atoms with Gasteiger partial charge in [0.2, 0.25) is 5.91 Å². The van der Waals surface area contributed by atoms with Crippen LogP contribution < -0.4 is 19.4 Å². The maximum Gasteiger partial charge on any atom is 0.292 e. The molecule has 0 spiro atoms. The molecule has 158 valence electrons. The minimum absolute atomic E-state index is 0.0731. The third-order valence-corrected chi connectivity index (χ3v) is 6.11. The van der Waals surface area contributed by atoms with Crippen LogP contribution in [0.2, 0.25) is 0 Å². The summed E-state index contributed by atoms with van der Waals surface area (Å²) in [6.45, 7) is 7.43. The van der Waals surface area contributed by atoms with Crippen LogP contribution in [0, 0.1) is 0 Å². The van der Waals surface area contributed by atoms with Gasteiger partial charge in [-0.1, -0.05) is 6.07 Å². The lowest BCUT2D eigenvalue weighted by Gasteiger charge is -2.32. The smallest absolute Gasteiger partial charge is 0.292 e. The predicted octanol–water partition coefficient (Wildman–Crippen LogP) is -0.862. The summed E-state index contributed by atoms with van der Waals surface area (Å²) in [4.78, 5) is 34.2. The molecule has 0 unspecified atom stereocenters. The topological polar surface area (TPSA) is 68.4 Å². The molecule has 2 aromatic rings. The molecule has 2 aliphatic rings. The Kier molecular flexibility index (Phi) is 6.40. The summed E-state index contributed by atoms with van der Waals surface area (Å²) < 4.78 is 5.45. The largest absolute Gasteiger partial charge is 0.494 e. The maximum absolute atomic E-state index is 13.1. The van der Waals surface area contributed by atoms with Crippen molar-refractivity contribution in [3.63, 3.8) is 0 Å². The molecule has 0 bridgehead atoms. The van der Waals surface area contributed by atoms with Crippen molar-refractivity contribution in [1.29, 1.82) is 0 Å². The van der Waals surface area contributed by atoms with E-state index in [1.165, 1.54) is 9.80 Å². The molecule has 2 saturated heterocycles. The molecule has 2 fully saturated rings. The number of nitrogens with one attached hydrogen (secondary N) is 2. The van der Waals surface area contributed by atoms with Crippen molar-refractivity contribution in [2.45, 2.75) is 25.8 Å². The van der Waals surface area contributed by atoms with E-state index in [2.05, 4.69) is 11.1 Å². The Hall–Kier alpha value is -2.77. The highest BCUT2D eigenvalue weighted by molar-refractivity contribution is 6.21. The molecule has 1 aromatic heterocycles. The van der Waals surface area contributed by atoms with Crippen LogP contribution in [0.4, 0.5) is 5.69 Å². The number of rotatable bonds is 7. The molecule has 4 rings (SSSR count). The van der Waals surface area contributed by atoms with Crippen molar-refractivity contribution in [1.82, 2.24) is 4.98 Å². The van der Waals surface area contributed by atoms with E-state index >= 15 is 0 Å². The number of hydrogen-bond donors (Lipinski definition) is 2. The van der Waals surface area contributed by atoms with Crippen LogP contribution in [0.3, 0.4) is 0 Å². The summed E-state index contributed by atoms with van der Waals surface area (Å²) in [6, 6.07) is 13.0. The number of amides is 2. The summed E-state index contributed by atoms with van der Waals surface area (Å²) in [7, 11) is 0. The Labute approximate surface area is 177 Å². The van der Waals surface area contributed by atoms with Gasteiger partial charge in [-0.2, -0.15) is 0 Å². The van der Waals surface area contributed by atoms with Crippen LogP contribution in [0.25, 0.3) is 0 Å². The number of carbonyl (C=O) groups is 2. The van der Waals surface area contributed by atoms with Crippen molar-refractivity contribution >= 4 is 17.5 Å². The first-order chi connectivity index (χ1) is 14.7. The average molecular weight is 411 g/mol. The molecule has 0 aliphatic carbocycles. The lowest BCUT2D eigenvalue weighted by molar-refractivity contribution is -1.02. The molecule has 7 heteroatoms. The van der Waals surface area contributed by atoms with Crippen LogP contribution in [0.1, 0.15) is 19.0 Å². The number of ether oxygens (including phenoxy) is 1. The molecule has 0 radical (unpaired) electrons. The molecule has 2 aliphatic heterocycles. The van der Waals surface area contributed by atoms with Crippen molar-refractivity contribution in [3.05, 3.63) is 54.4 Å². The van der Waals surface area contributed by atoms with Gasteiger partial charge in [0.15, 0.2) is 6.04 Å². The van der Waals surface area contributed by atoms with Gasteiger partial charge in [0, 0.05) is 18.3 Å². The number of imide groups is 1. The van der Waals surface area contributed by atoms with E-state index in [1.54, 1.807) is 17.0 Å². The summed E-state index contributed by atoms with van der Waals surface area (Å²) in [5.74, 6) is 0.565. The van der Waals surface area contributed by atoms with Gasteiger partial charge in [-0.3, -0.25) is 14.6 Å². The number of pyridine rings is 1. The van der Waals surface area contributed by atoms with E-state index in [-0.39, 0.29) is 17.9 Å². The zero-order valence-corrected chi connectivity index (χ0v) is 17.5. The maximum atomic E-state index is 13.1. The number of benzene rings is 1. The van der Waals surface area contributed by atoms with Gasteiger partial charge in [-0.05, 0) is 43.3 Å². The van der Waals surface area contributed by atoms with Gasteiger partial charge < -0.3 is 14.5 Å². The molecule has 30 heavy (non-hydrogen) atoms. The van der Waals surface area contributed by atoms with Crippen molar-refractivity contribution in [2.75, 3.05) is 44.2 Å². The highest BCUT2D eigenvalue weighted by Gasteiger charge is 2.46. The summed E-state index contributed by atoms with van der Waals surface area (Å²) >= 11 is 0. The van der Waals surface area contributed by atoms with E-state index in [0.717, 1.165) is 50.6 Å². The molecule has 1 aromatic carbocycles. The Morgan fingerprint density at radius 3 is 2.50 bits per heavy atom. The van der Waals surface area contributed by atoms with Gasteiger partial charge in [0.05, 0.1) is 25.3 Å². The average Bonchev–Trinajstić information content (AvgIpc) is 3.08. The highest BCUT2D eigenvalue weighted by atomic mass is 16.5. The number of carbonyl (C=O) groups excluding carboxylic acids is 2. The van der Waals surface area contributed by atoms with Crippen molar-refractivity contribution < 1.29 is 24.1 Å². The number of aromatic nitrogens is 1. The SMILES string of the molecule is CCOc1ccc(N2C(=O)C[C@@H]([NH+]3CC[NH+](CCc4ccccn4)CC3)C2=O)cc1. The molecule has 0 saturated carbocycles. The second kappa shape index (κ2) is 9.36. The minimum atomic E-state index is -0.263. The Morgan fingerprint density at radius 1 is 1.07 bits per heavy atom. The summed E-state index contributed by atoms with van der Waals surface area (Å²) in [5, 5.41) is 0. The zero-order valence-electron chi connectivity index (χ0n) is 17.5. The van der Waals surface area contributed by atoms with E-state index in [4.69, 9.17) is 4.74 Å². The van der Waals surface area contributed by atoms with E-state index < -0.39 is 0 Å². The fraction of sp³-hybridized carbons (Fsp3) is 0.435. The lowest BCUT2D eigenvalue weighted by Crippen LogP contribution is -3.30. The number of hydrogen-bond acceptors (Lipinski definition) is 4. The third-order valence-electron chi connectivity index (χ3n) is 6.11. The second-order valence-corrected chi connectivity index (χ2v) is 7.98. The standard InChI is InChI=1S/C23H28N4O3/c1-2-30-20-8-6-19(7-9-20)27-22(28)17-21(23(27)29)26-15-13-25(14-16-26)12-10-18-5-3-4-11-24-18/h3-9,11,21H,2,10,12-17H2,1H3/p+2/t21-/m1/s1. The van der Waals surface area contributed by atoms with Crippen LogP contribution in [0.15, 0.2) is 48.7 Å². The van der Waals surface area contributed by atoms with E-state index in [9.17, 15) is 9.59 Å². The fourth-order valence-electron chi connectivity index (χ4n) is 4.45. The monoisotopic (exact) mass is 410 g/mol. The number of quaternary nitrogens is 2. The Balaban J connectivity index is 1.32. The third kappa shape index (κ3) is 4.52. The Bertz CT molecular complexity index is 864. The van der Waals surface area contributed by atoms with Crippen LogP contribution in [0.5, 0.6) is 5.75 Å². The number of piperazine rings is 1.